The lowest BCUT2D eigenvalue weighted by Gasteiger charge is -2.09. The first-order valence-corrected chi connectivity index (χ1v) is 5.28. The first kappa shape index (κ1) is 10.2. The number of hydrogen-bond acceptors (Lipinski definition) is 2. The van der Waals surface area contributed by atoms with Crippen LogP contribution in [0.5, 0.6) is 0 Å². The Balaban J connectivity index is 2.31. The number of nitrogens with one attached hydrogen (secondary N) is 1. The number of rotatable bonds is 3. The average molecular weight is 203 g/mol. The number of benzene rings is 1. The Morgan fingerprint density at radius 1 is 1.47 bits per heavy atom. The van der Waals surface area contributed by atoms with Crippen molar-refractivity contribution in [1.82, 2.24) is 15.1 Å². The third-order valence-corrected chi connectivity index (χ3v) is 2.85. The lowest BCUT2D eigenvalue weighted by molar-refractivity contribution is 0.609. The fourth-order valence-corrected chi connectivity index (χ4v) is 1.80. The summed E-state index contributed by atoms with van der Waals surface area (Å²) in [5.74, 6) is 0. The summed E-state index contributed by atoms with van der Waals surface area (Å²) in [7, 11) is 3.96. The standard InChI is InChI=1S/C12H17N3/c1-9(13-2)6-10-4-5-12-11(7-10)8-14-15(12)3/h4-5,7-9,13H,6H2,1-3H3. The fraction of sp³-hybridized carbons (Fsp3) is 0.417. The van der Waals surface area contributed by atoms with Crippen molar-refractivity contribution in [1.29, 1.82) is 0 Å². The van der Waals surface area contributed by atoms with Crippen LogP contribution in [0.2, 0.25) is 0 Å². The average Bonchev–Trinajstić information content (AvgIpc) is 2.60. The summed E-state index contributed by atoms with van der Waals surface area (Å²) in [6, 6.07) is 7.05. The molecule has 1 aromatic heterocycles. The van der Waals surface area contributed by atoms with E-state index in [1.807, 2.05) is 25.0 Å². The fourth-order valence-electron chi connectivity index (χ4n) is 1.80. The lowest BCUT2D eigenvalue weighted by Crippen LogP contribution is -2.23. The molecule has 2 aromatic rings. The monoisotopic (exact) mass is 203 g/mol. The Labute approximate surface area is 90.1 Å². The Morgan fingerprint density at radius 3 is 3.00 bits per heavy atom. The van der Waals surface area contributed by atoms with Gasteiger partial charge >= 0.3 is 0 Å². The molecule has 0 fully saturated rings. The maximum atomic E-state index is 4.24. The lowest BCUT2D eigenvalue weighted by atomic mass is 10.1. The van der Waals surface area contributed by atoms with Crippen molar-refractivity contribution in [3.63, 3.8) is 0 Å². The van der Waals surface area contributed by atoms with E-state index in [1.54, 1.807) is 0 Å². The van der Waals surface area contributed by atoms with Gasteiger partial charge in [0, 0.05) is 18.5 Å². The van der Waals surface area contributed by atoms with E-state index in [-0.39, 0.29) is 0 Å². The van der Waals surface area contributed by atoms with Gasteiger partial charge in [0.1, 0.15) is 0 Å². The van der Waals surface area contributed by atoms with Gasteiger partial charge in [-0.05, 0) is 38.1 Å². The first-order chi connectivity index (χ1) is 7.20. The molecule has 1 atom stereocenters. The molecule has 1 unspecified atom stereocenters. The molecular weight excluding hydrogens is 186 g/mol. The van der Waals surface area contributed by atoms with Crippen LogP contribution < -0.4 is 5.32 Å². The van der Waals surface area contributed by atoms with Crippen LogP contribution in [0.3, 0.4) is 0 Å². The molecule has 80 valence electrons. The zero-order valence-electron chi connectivity index (χ0n) is 9.49. The molecule has 2 rings (SSSR count). The van der Waals surface area contributed by atoms with Crippen LogP contribution in [-0.4, -0.2) is 22.9 Å². The molecule has 0 saturated carbocycles. The molecule has 3 nitrogen and oxygen atoms in total. The van der Waals surface area contributed by atoms with Gasteiger partial charge in [-0.25, -0.2) is 0 Å². The molecule has 1 aromatic carbocycles. The number of likely N-dealkylation sites (N-methyl/N-ethyl adjacent to an activating group) is 1. The van der Waals surface area contributed by atoms with Crippen molar-refractivity contribution >= 4 is 10.9 Å². The van der Waals surface area contributed by atoms with Crippen molar-refractivity contribution in [2.75, 3.05) is 7.05 Å². The Morgan fingerprint density at radius 2 is 2.27 bits per heavy atom. The second-order valence-electron chi connectivity index (χ2n) is 4.06. The summed E-state index contributed by atoms with van der Waals surface area (Å²) >= 11 is 0. The molecule has 0 bridgehead atoms. The predicted molar refractivity (Wildman–Crippen MR) is 62.9 cm³/mol. The van der Waals surface area contributed by atoms with Crippen LogP contribution in [0.4, 0.5) is 0 Å². The summed E-state index contributed by atoms with van der Waals surface area (Å²) in [5, 5.41) is 8.70. The van der Waals surface area contributed by atoms with Gasteiger partial charge in [-0.15, -0.1) is 0 Å². The minimum absolute atomic E-state index is 0.513. The Kier molecular flexibility index (Phi) is 2.73. The van der Waals surface area contributed by atoms with Gasteiger partial charge in [0.25, 0.3) is 0 Å². The Hall–Kier alpha value is -1.35. The normalized spacial score (nSPS) is 13.3. The van der Waals surface area contributed by atoms with E-state index in [0.29, 0.717) is 6.04 Å². The molecule has 1 N–H and O–H groups in total. The van der Waals surface area contributed by atoms with Gasteiger partial charge in [-0.3, -0.25) is 4.68 Å². The van der Waals surface area contributed by atoms with E-state index in [9.17, 15) is 0 Å². The van der Waals surface area contributed by atoms with Gasteiger partial charge in [0.05, 0.1) is 11.7 Å². The number of aryl methyl sites for hydroxylation is 1. The van der Waals surface area contributed by atoms with E-state index in [2.05, 4.69) is 35.5 Å². The summed E-state index contributed by atoms with van der Waals surface area (Å²) < 4.78 is 1.90. The number of nitrogens with zero attached hydrogens (tertiary/aromatic N) is 2. The van der Waals surface area contributed by atoms with Gasteiger partial charge in [-0.1, -0.05) is 6.07 Å². The van der Waals surface area contributed by atoms with Crippen molar-refractivity contribution in [2.24, 2.45) is 7.05 Å². The number of hydrogen-bond donors (Lipinski definition) is 1. The van der Waals surface area contributed by atoms with Crippen LogP contribution in [0.1, 0.15) is 12.5 Å². The third kappa shape index (κ3) is 2.02. The van der Waals surface area contributed by atoms with Crippen LogP contribution in [0, 0.1) is 0 Å². The highest BCUT2D eigenvalue weighted by Crippen LogP contribution is 2.15. The zero-order valence-corrected chi connectivity index (χ0v) is 9.49. The van der Waals surface area contributed by atoms with E-state index in [0.717, 1.165) is 6.42 Å². The molecule has 0 aliphatic heterocycles. The van der Waals surface area contributed by atoms with Crippen LogP contribution in [0.25, 0.3) is 10.9 Å². The molecule has 0 aliphatic carbocycles. The molecule has 3 heteroatoms. The highest BCUT2D eigenvalue weighted by molar-refractivity contribution is 5.79. The summed E-state index contributed by atoms with van der Waals surface area (Å²) in [6.45, 7) is 2.19. The van der Waals surface area contributed by atoms with Crippen LogP contribution >= 0.6 is 0 Å². The van der Waals surface area contributed by atoms with Crippen LogP contribution in [0.15, 0.2) is 24.4 Å². The van der Waals surface area contributed by atoms with E-state index >= 15 is 0 Å². The van der Waals surface area contributed by atoms with E-state index in [1.165, 1.54) is 16.5 Å². The minimum Gasteiger partial charge on any atom is -0.317 e. The highest BCUT2D eigenvalue weighted by Gasteiger charge is 2.03. The molecule has 0 aliphatic rings. The zero-order chi connectivity index (χ0) is 10.8. The first-order valence-electron chi connectivity index (χ1n) is 5.28. The number of fused-ring (bicyclic) bond motifs is 1. The molecule has 15 heavy (non-hydrogen) atoms. The van der Waals surface area contributed by atoms with Crippen molar-refractivity contribution in [3.8, 4) is 0 Å². The molecule has 0 radical (unpaired) electrons. The maximum Gasteiger partial charge on any atom is 0.0679 e. The molecule has 1 heterocycles. The smallest absolute Gasteiger partial charge is 0.0679 e. The predicted octanol–water partition coefficient (Wildman–Crippen LogP) is 1.72. The largest absolute Gasteiger partial charge is 0.317 e. The minimum atomic E-state index is 0.513. The van der Waals surface area contributed by atoms with Crippen LogP contribution in [-0.2, 0) is 13.5 Å². The Bertz CT molecular complexity index is 459. The van der Waals surface area contributed by atoms with Crippen molar-refractivity contribution in [2.45, 2.75) is 19.4 Å². The van der Waals surface area contributed by atoms with E-state index in [4.69, 9.17) is 0 Å². The molecule has 0 spiro atoms. The highest BCUT2D eigenvalue weighted by atomic mass is 15.2. The quantitative estimate of drug-likeness (QED) is 0.823. The van der Waals surface area contributed by atoms with Gasteiger partial charge in [0.2, 0.25) is 0 Å². The maximum absolute atomic E-state index is 4.24. The molecule has 0 saturated heterocycles. The van der Waals surface area contributed by atoms with Gasteiger partial charge < -0.3 is 5.32 Å². The summed E-state index contributed by atoms with van der Waals surface area (Å²) in [5.41, 5.74) is 2.55. The van der Waals surface area contributed by atoms with Gasteiger partial charge in [0.15, 0.2) is 0 Å². The van der Waals surface area contributed by atoms with Gasteiger partial charge in [-0.2, -0.15) is 5.10 Å². The van der Waals surface area contributed by atoms with E-state index < -0.39 is 0 Å². The second-order valence-corrected chi connectivity index (χ2v) is 4.06. The SMILES string of the molecule is CNC(C)Cc1ccc2c(cnn2C)c1. The summed E-state index contributed by atoms with van der Waals surface area (Å²) in [6.07, 6.45) is 2.98. The number of aromatic nitrogens is 2. The van der Waals surface area contributed by atoms with Crippen molar-refractivity contribution < 1.29 is 0 Å². The van der Waals surface area contributed by atoms with Crippen molar-refractivity contribution in [3.05, 3.63) is 30.0 Å². The second kappa shape index (κ2) is 4.03. The third-order valence-electron chi connectivity index (χ3n) is 2.85. The molecular formula is C12H17N3. The summed E-state index contributed by atoms with van der Waals surface area (Å²) in [4.78, 5) is 0. The topological polar surface area (TPSA) is 29.9 Å². The molecule has 0 amide bonds.